The number of fused-ring (bicyclic) bond motifs is 1. The Labute approximate surface area is 208 Å². The molecule has 3 heterocycles. The van der Waals surface area contributed by atoms with Crippen molar-refractivity contribution in [3.63, 3.8) is 0 Å². The number of amides is 1. The first-order valence-electron chi connectivity index (χ1n) is 11.6. The van der Waals surface area contributed by atoms with Gasteiger partial charge in [0.15, 0.2) is 0 Å². The smallest absolute Gasteiger partial charge is 0.387 e. The standard InChI is InChI=1S/C26H28F2N4O4/c1-26(2,15-29)17-5-10-32-19(14-30-22(32)13-17)16-11-20(35-4)23(21(12-16)36-25(27)28)24(33)31-8-6-18(34-3)7-9-31/h5,10-14,18,25H,6-9H2,1-4H3. The molecule has 0 aliphatic carbocycles. The van der Waals surface area contributed by atoms with Crippen LogP contribution in [0.15, 0.2) is 36.7 Å². The summed E-state index contributed by atoms with van der Waals surface area (Å²) in [5.41, 5.74) is 1.70. The number of alkyl halides is 2. The quantitative estimate of drug-likeness (QED) is 0.471. The van der Waals surface area contributed by atoms with Gasteiger partial charge in [-0.2, -0.15) is 14.0 Å². The minimum absolute atomic E-state index is 0.0516. The van der Waals surface area contributed by atoms with Crippen LogP contribution in [0, 0.1) is 11.3 Å². The molecular weight excluding hydrogens is 470 g/mol. The van der Waals surface area contributed by atoms with Gasteiger partial charge >= 0.3 is 6.61 Å². The van der Waals surface area contributed by atoms with Gasteiger partial charge in [-0.25, -0.2) is 4.98 Å². The van der Waals surface area contributed by atoms with E-state index >= 15 is 0 Å². The van der Waals surface area contributed by atoms with Gasteiger partial charge in [-0.05, 0) is 56.5 Å². The molecule has 1 aromatic carbocycles. The number of hydrogen-bond acceptors (Lipinski definition) is 6. The van der Waals surface area contributed by atoms with E-state index in [0.29, 0.717) is 42.8 Å². The number of halogens is 2. The lowest BCUT2D eigenvalue weighted by Gasteiger charge is -2.32. The number of piperidine rings is 1. The summed E-state index contributed by atoms with van der Waals surface area (Å²) >= 11 is 0. The number of methoxy groups -OCH3 is 2. The first-order chi connectivity index (χ1) is 17.2. The first kappa shape index (κ1) is 25.4. The molecule has 1 aliphatic heterocycles. The van der Waals surface area contributed by atoms with E-state index in [4.69, 9.17) is 14.2 Å². The molecule has 36 heavy (non-hydrogen) atoms. The van der Waals surface area contributed by atoms with E-state index in [1.807, 2.05) is 26.0 Å². The van der Waals surface area contributed by atoms with Crippen molar-refractivity contribution >= 4 is 11.6 Å². The third-order valence-electron chi connectivity index (χ3n) is 6.59. The number of carbonyl (C=O) groups excluding carboxylic acids is 1. The first-order valence-corrected chi connectivity index (χ1v) is 11.6. The molecule has 0 N–H and O–H groups in total. The average Bonchev–Trinajstić information content (AvgIpc) is 3.31. The highest BCUT2D eigenvalue weighted by atomic mass is 19.3. The van der Waals surface area contributed by atoms with E-state index in [-0.39, 0.29) is 23.2 Å². The second kappa shape index (κ2) is 10.1. The molecule has 0 bridgehead atoms. The predicted octanol–water partition coefficient (Wildman–Crippen LogP) is 4.66. The van der Waals surface area contributed by atoms with Crippen molar-refractivity contribution in [2.45, 2.75) is 44.8 Å². The number of carbonyl (C=O) groups is 1. The molecular formula is C26H28F2N4O4. The molecule has 1 aliphatic rings. The SMILES string of the molecule is COc1cc(-c2cnc3cc(C(C)(C)C#N)ccn23)cc(OC(F)F)c1C(=O)N1CCC(OC)CC1. The zero-order valence-corrected chi connectivity index (χ0v) is 20.6. The van der Waals surface area contributed by atoms with Gasteiger partial charge in [-0.15, -0.1) is 0 Å². The van der Waals surface area contributed by atoms with E-state index in [2.05, 4.69) is 11.1 Å². The molecule has 1 saturated heterocycles. The molecule has 3 aromatic rings. The lowest BCUT2D eigenvalue weighted by Crippen LogP contribution is -2.41. The summed E-state index contributed by atoms with van der Waals surface area (Å²) in [5.74, 6) is -0.584. The summed E-state index contributed by atoms with van der Waals surface area (Å²) in [6, 6.07) is 8.91. The van der Waals surface area contributed by atoms with Crippen molar-refractivity contribution < 1.29 is 27.8 Å². The number of aromatic nitrogens is 2. The maximum atomic E-state index is 13.4. The van der Waals surface area contributed by atoms with Gasteiger partial charge in [0.05, 0.1) is 36.6 Å². The van der Waals surface area contributed by atoms with Crippen molar-refractivity contribution in [2.75, 3.05) is 27.3 Å². The minimum atomic E-state index is -3.13. The third-order valence-corrected chi connectivity index (χ3v) is 6.59. The maximum Gasteiger partial charge on any atom is 0.387 e. The summed E-state index contributed by atoms with van der Waals surface area (Å²) < 4.78 is 44.3. The molecule has 0 saturated carbocycles. The van der Waals surface area contributed by atoms with E-state index in [1.54, 1.807) is 34.9 Å². The van der Waals surface area contributed by atoms with Crippen LogP contribution in [0.5, 0.6) is 11.5 Å². The summed E-state index contributed by atoms with van der Waals surface area (Å²) in [5, 5.41) is 9.45. The fourth-order valence-electron chi connectivity index (χ4n) is 4.40. The van der Waals surface area contributed by atoms with Crippen molar-refractivity contribution in [1.82, 2.24) is 14.3 Å². The molecule has 0 radical (unpaired) electrons. The number of ether oxygens (including phenoxy) is 3. The van der Waals surface area contributed by atoms with E-state index in [0.717, 1.165) is 5.56 Å². The van der Waals surface area contributed by atoms with Crippen LogP contribution in [-0.4, -0.2) is 60.2 Å². The highest BCUT2D eigenvalue weighted by Gasteiger charge is 2.30. The number of pyridine rings is 1. The van der Waals surface area contributed by atoms with Crippen LogP contribution in [0.25, 0.3) is 16.9 Å². The largest absolute Gasteiger partial charge is 0.496 e. The topological polar surface area (TPSA) is 89.1 Å². The minimum Gasteiger partial charge on any atom is -0.496 e. The van der Waals surface area contributed by atoms with E-state index in [9.17, 15) is 18.8 Å². The fourth-order valence-corrected chi connectivity index (χ4v) is 4.40. The third kappa shape index (κ3) is 4.84. The zero-order chi connectivity index (χ0) is 26.0. The Morgan fingerprint density at radius 3 is 2.50 bits per heavy atom. The molecule has 2 aromatic heterocycles. The summed E-state index contributed by atoms with van der Waals surface area (Å²) in [4.78, 5) is 19.4. The van der Waals surface area contributed by atoms with Crippen molar-refractivity contribution in [3.05, 3.63) is 47.8 Å². The highest BCUT2D eigenvalue weighted by molar-refractivity contribution is 6.00. The lowest BCUT2D eigenvalue weighted by atomic mass is 9.87. The summed E-state index contributed by atoms with van der Waals surface area (Å²) in [6.07, 6.45) is 4.73. The molecule has 0 spiro atoms. The number of nitriles is 1. The summed E-state index contributed by atoms with van der Waals surface area (Å²) in [6.45, 7) is 1.37. The van der Waals surface area contributed by atoms with Gasteiger partial charge in [-0.3, -0.25) is 9.20 Å². The average molecular weight is 499 g/mol. The van der Waals surface area contributed by atoms with Crippen LogP contribution in [0.2, 0.25) is 0 Å². The van der Waals surface area contributed by atoms with Gasteiger partial charge in [0, 0.05) is 32.0 Å². The Morgan fingerprint density at radius 2 is 1.89 bits per heavy atom. The van der Waals surface area contributed by atoms with E-state index < -0.39 is 17.9 Å². The van der Waals surface area contributed by atoms with Crippen LogP contribution in [0.4, 0.5) is 8.78 Å². The van der Waals surface area contributed by atoms with Crippen LogP contribution in [0.3, 0.4) is 0 Å². The predicted molar refractivity (Wildman–Crippen MR) is 128 cm³/mol. The van der Waals surface area contributed by atoms with E-state index in [1.165, 1.54) is 13.2 Å². The van der Waals surface area contributed by atoms with Gasteiger partial charge in [0.2, 0.25) is 0 Å². The second-order valence-electron chi connectivity index (χ2n) is 9.18. The van der Waals surface area contributed by atoms with Gasteiger partial charge in [-0.1, -0.05) is 0 Å². The number of benzene rings is 1. The number of nitrogens with zero attached hydrogens (tertiary/aromatic N) is 4. The van der Waals surface area contributed by atoms with Crippen LogP contribution >= 0.6 is 0 Å². The van der Waals surface area contributed by atoms with Gasteiger partial charge in [0.1, 0.15) is 22.7 Å². The van der Waals surface area contributed by atoms with Gasteiger partial charge in [0.25, 0.3) is 5.91 Å². The Bertz CT molecular complexity index is 1310. The Kier molecular flexibility index (Phi) is 7.13. The van der Waals surface area contributed by atoms with Crippen molar-refractivity contribution in [3.8, 4) is 28.8 Å². The van der Waals surface area contributed by atoms with Crippen LogP contribution in [0.1, 0.15) is 42.6 Å². The van der Waals surface area contributed by atoms with Crippen molar-refractivity contribution in [2.24, 2.45) is 0 Å². The molecule has 0 unspecified atom stereocenters. The normalized spacial score (nSPS) is 14.8. The molecule has 190 valence electrons. The number of hydrogen-bond donors (Lipinski definition) is 0. The molecule has 4 rings (SSSR count). The zero-order valence-electron chi connectivity index (χ0n) is 20.6. The molecule has 1 fully saturated rings. The van der Waals surface area contributed by atoms with Crippen molar-refractivity contribution in [1.29, 1.82) is 5.26 Å². The number of likely N-dealkylation sites (tertiary alicyclic amines) is 1. The highest BCUT2D eigenvalue weighted by Crippen LogP contribution is 2.38. The Morgan fingerprint density at radius 1 is 1.19 bits per heavy atom. The Hall–Kier alpha value is -3.71. The number of rotatable bonds is 7. The molecule has 10 heteroatoms. The maximum absolute atomic E-state index is 13.4. The second-order valence-corrected chi connectivity index (χ2v) is 9.18. The molecule has 1 amide bonds. The number of imidazole rings is 1. The van der Waals surface area contributed by atoms with Crippen LogP contribution in [-0.2, 0) is 10.2 Å². The lowest BCUT2D eigenvalue weighted by molar-refractivity contribution is -0.0504. The Balaban J connectivity index is 1.77. The monoisotopic (exact) mass is 498 g/mol. The van der Waals surface area contributed by atoms with Gasteiger partial charge < -0.3 is 19.1 Å². The molecule has 8 nitrogen and oxygen atoms in total. The fraction of sp³-hybridized carbons (Fsp3) is 0.423. The summed E-state index contributed by atoms with van der Waals surface area (Å²) in [7, 11) is 3.01. The molecule has 0 atom stereocenters. The van der Waals surface area contributed by atoms with Crippen LogP contribution < -0.4 is 9.47 Å².